The van der Waals surface area contributed by atoms with E-state index in [-0.39, 0.29) is 35.9 Å². The first-order valence-corrected chi connectivity index (χ1v) is 10.5. The van der Waals surface area contributed by atoms with Crippen molar-refractivity contribution in [1.29, 1.82) is 0 Å². The molecule has 32 heavy (non-hydrogen) atoms. The van der Waals surface area contributed by atoms with Gasteiger partial charge in [-0.1, -0.05) is 6.07 Å². The first-order valence-electron chi connectivity index (χ1n) is 10.5. The second kappa shape index (κ2) is 7.40. The van der Waals surface area contributed by atoms with E-state index in [1.165, 1.54) is 22.9 Å². The molecule has 1 aromatic heterocycles. The highest BCUT2D eigenvalue weighted by atomic mass is 19.1. The fourth-order valence-electron chi connectivity index (χ4n) is 5.43. The number of halogens is 2. The number of piperidine rings is 1. The van der Waals surface area contributed by atoms with Crippen LogP contribution in [0.15, 0.2) is 29.2 Å². The Labute approximate surface area is 181 Å². The third-order valence-corrected chi connectivity index (χ3v) is 6.93. The molecule has 3 unspecified atom stereocenters. The Hall–Kier alpha value is -3.27. The number of aromatic hydroxyl groups is 1. The number of rotatable bonds is 3. The smallest absolute Gasteiger partial charge is 0.275 e. The zero-order valence-corrected chi connectivity index (χ0v) is 17.1. The third-order valence-electron chi connectivity index (χ3n) is 6.93. The van der Waals surface area contributed by atoms with E-state index in [1.807, 2.05) is 0 Å². The van der Waals surface area contributed by atoms with E-state index in [0.717, 1.165) is 25.5 Å². The Bertz CT molecular complexity index is 1200. The molecule has 4 heterocycles. The summed E-state index contributed by atoms with van der Waals surface area (Å²) in [4.78, 5) is 40.9. The summed E-state index contributed by atoms with van der Waals surface area (Å²) in [6.07, 6.45) is 3.04. The van der Waals surface area contributed by atoms with Crippen LogP contribution < -0.4 is 11.2 Å². The molecular formula is C22H22F2N4O4. The van der Waals surface area contributed by atoms with Crippen LogP contribution in [0.5, 0.6) is 5.75 Å². The lowest BCUT2D eigenvalue weighted by Gasteiger charge is -2.40. The van der Waals surface area contributed by atoms with E-state index in [2.05, 4.69) is 4.90 Å². The van der Waals surface area contributed by atoms with Crippen molar-refractivity contribution in [3.05, 3.63) is 63.1 Å². The number of hydrogen-bond donors (Lipinski definition) is 2. The Morgan fingerprint density at radius 2 is 2.00 bits per heavy atom. The van der Waals surface area contributed by atoms with Crippen molar-refractivity contribution in [2.45, 2.75) is 38.0 Å². The van der Waals surface area contributed by atoms with Gasteiger partial charge in [0, 0.05) is 31.4 Å². The number of pyridine rings is 1. The molecule has 2 amide bonds. The number of fused-ring (bicyclic) bond motifs is 4. The molecule has 3 aliphatic heterocycles. The SMILES string of the molecule is NC(=O)c1cn2c(c(O)c1=O)C(=O)N1CC3C(Cc4ccc(F)cc4F)CCCN3C1C2. The van der Waals surface area contributed by atoms with Gasteiger partial charge in [0.25, 0.3) is 11.8 Å². The minimum Gasteiger partial charge on any atom is -0.503 e. The molecule has 2 aromatic rings. The Kier molecular flexibility index (Phi) is 4.77. The molecule has 2 fully saturated rings. The molecule has 2 saturated heterocycles. The molecule has 0 aliphatic carbocycles. The van der Waals surface area contributed by atoms with Crippen molar-refractivity contribution in [2.75, 3.05) is 13.1 Å². The summed E-state index contributed by atoms with van der Waals surface area (Å²) in [6.45, 7) is 1.39. The molecule has 8 nitrogen and oxygen atoms in total. The molecule has 3 N–H and O–H groups in total. The van der Waals surface area contributed by atoms with Crippen molar-refractivity contribution in [3.8, 4) is 5.75 Å². The van der Waals surface area contributed by atoms with E-state index in [4.69, 9.17) is 5.73 Å². The van der Waals surface area contributed by atoms with E-state index < -0.39 is 34.6 Å². The van der Waals surface area contributed by atoms with Crippen LogP contribution in [0.1, 0.15) is 39.3 Å². The summed E-state index contributed by atoms with van der Waals surface area (Å²) in [7, 11) is 0. The summed E-state index contributed by atoms with van der Waals surface area (Å²) in [5, 5.41) is 10.3. The molecule has 3 aliphatic rings. The van der Waals surface area contributed by atoms with Crippen LogP contribution in [0.3, 0.4) is 0 Å². The second-order valence-corrected chi connectivity index (χ2v) is 8.67. The summed E-state index contributed by atoms with van der Waals surface area (Å²) in [6, 6.07) is 3.54. The van der Waals surface area contributed by atoms with Crippen molar-refractivity contribution in [1.82, 2.24) is 14.4 Å². The van der Waals surface area contributed by atoms with Gasteiger partial charge in [-0.2, -0.15) is 0 Å². The quantitative estimate of drug-likeness (QED) is 0.736. The van der Waals surface area contributed by atoms with Gasteiger partial charge < -0.3 is 20.3 Å². The van der Waals surface area contributed by atoms with Crippen LogP contribution in [0, 0.1) is 17.6 Å². The molecule has 1 aromatic carbocycles. The molecule has 10 heteroatoms. The first kappa shape index (κ1) is 20.6. The van der Waals surface area contributed by atoms with Gasteiger partial charge in [-0.3, -0.25) is 19.3 Å². The number of aromatic nitrogens is 1. The largest absolute Gasteiger partial charge is 0.503 e. The average molecular weight is 444 g/mol. The maximum absolute atomic E-state index is 14.3. The normalized spacial score (nSPS) is 24.8. The first-order chi connectivity index (χ1) is 15.3. The van der Waals surface area contributed by atoms with E-state index in [9.17, 15) is 28.3 Å². The van der Waals surface area contributed by atoms with E-state index in [1.54, 1.807) is 4.90 Å². The van der Waals surface area contributed by atoms with Crippen LogP contribution in [0.25, 0.3) is 0 Å². The topological polar surface area (TPSA) is 109 Å². The highest BCUT2D eigenvalue weighted by molar-refractivity contribution is 5.98. The van der Waals surface area contributed by atoms with Crippen LogP contribution in [0.4, 0.5) is 8.78 Å². The number of benzene rings is 1. The summed E-state index contributed by atoms with van der Waals surface area (Å²) in [5.41, 5.74) is 4.20. The van der Waals surface area contributed by atoms with Gasteiger partial charge >= 0.3 is 0 Å². The molecule has 0 spiro atoms. The predicted octanol–water partition coefficient (Wildman–Crippen LogP) is 1.05. The highest BCUT2D eigenvalue weighted by Crippen LogP contribution is 2.38. The predicted molar refractivity (Wildman–Crippen MR) is 109 cm³/mol. The number of carbonyl (C=O) groups excluding carboxylic acids is 2. The number of amides is 2. The number of nitrogens with zero attached hydrogens (tertiary/aromatic N) is 3. The zero-order valence-electron chi connectivity index (χ0n) is 17.1. The molecule has 0 saturated carbocycles. The van der Waals surface area contributed by atoms with Crippen molar-refractivity contribution in [3.63, 3.8) is 0 Å². The molecule has 3 atom stereocenters. The lowest BCUT2D eigenvalue weighted by molar-refractivity contribution is 0.0388. The second-order valence-electron chi connectivity index (χ2n) is 8.67. The van der Waals surface area contributed by atoms with Crippen LogP contribution >= 0.6 is 0 Å². The van der Waals surface area contributed by atoms with Gasteiger partial charge in [-0.15, -0.1) is 0 Å². The Morgan fingerprint density at radius 3 is 2.72 bits per heavy atom. The maximum atomic E-state index is 14.3. The van der Waals surface area contributed by atoms with Gasteiger partial charge in [0.05, 0.1) is 6.54 Å². The van der Waals surface area contributed by atoms with Gasteiger partial charge in [-0.25, -0.2) is 8.78 Å². The van der Waals surface area contributed by atoms with Crippen molar-refractivity contribution < 1.29 is 23.5 Å². The van der Waals surface area contributed by atoms with Crippen molar-refractivity contribution >= 4 is 11.8 Å². The van der Waals surface area contributed by atoms with Crippen LogP contribution in [-0.2, 0) is 13.0 Å². The summed E-state index contributed by atoms with van der Waals surface area (Å²) in [5.74, 6) is -3.39. The zero-order chi connectivity index (χ0) is 22.7. The molecular weight excluding hydrogens is 422 g/mol. The minimum atomic E-state index is -0.973. The number of carbonyl (C=O) groups is 2. The monoisotopic (exact) mass is 444 g/mol. The van der Waals surface area contributed by atoms with Crippen LogP contribution in [0.2, 0.25) is 0 Å². The van der Waals surface area contributed by atoms with Gasteiger partial charge in [0.2, 0.25) is 5.43 Å². The Balaban J connectivity index is 1.46. The lowest BCUT2D eigenvalue weighted by Crippen LogP contribution is -2.52. The average Bonchev–Trinajstić information content (AvgIpc) is 3.12. The van der Waals surface area contributed by atoms with Gasteiger partial charge in [0.1, 0.15) is 23.4 Å². The number of primary amides is 1. The molecule has 5 rings (SSSR count). The van der Waals surface area contributed by atoms with Crippen molar-refractivity contribution in [2.24, 2.45) is 11.7 Å². The van der Waals surface area contributed by atoms with E-state index >= 15 is 0 Å². The highest BCUT2D eigenvalue weighted by Gasteiger charge is 2.50. The fourth-order valence-corrected chi connectivity index (χ4v) is 5.43. The molecule has 0 radical (unpaired) electrons. The standard InChI is InChI=1S/C22H22F2N4O4/c23-13-4-3-11(15(24)7-13)6-12-2-1-5-27-16(12)9-28-17(27)10-26-8-14(21(25)31)19(29)20(30)18(26)22(28)32/h3-4,7-8,12,16-17,30H,1-2,5-6,9-10H2,(H2,25,31). The van der Waals surface area contributed by atoms with Gasteiger partial charge in [-0.05, 0) is 36.8 Å². The minimum absolute atomic E-state index is 0.0402. The molecule has 0 bridgehead atoms. The Morgan fingerprint density at radius 1 is 1.22 bits per heavy atom. The van der Waals surface area contributed by atoms with Gasteiger partial charge in [0.15, 0.2) is 11.4 Å². The van der Waals surface area contributed by atoms with E-state index in [0.29, 0.717) is 18.5 Å². The lowest BCUT2D eigenvalue weighted by atomic mass is 9.84. The fraction of sp³-hybridized carbons (Fsp3) is 0.409. The maximum Gasteiger partial charge on any atom is 0.275 e. The number of nitrogens with two attached hydrogens (primary N) is 1. The number of hydrogen-bond acceptors (Lipinski definition) is 5. The summed E-state index contributed by atoms with van der Waals surface area (Å²) >= 11 is 0. The third kappa shape index (κ3) is 3.09. The molecule has 168 valence electrons. The summed E-state index contributed by atoms with van der Waals surface area (Å²) < 4.78 is 29.0. The van der Waals surface area contributed by atoms with Crippen LogP contribution in [-0.4, -0.2) is 56.6 Å².